The number of piperazine rings is 1. The van der Waals surface area contributed by atoms with Crippen molar-refractivity contribution in [2.24, 2.45) is 0 Å². The molecule has 9 heteroatoms. The van der Waals surface area contributed by atoms with Gasteiger partial charge in [-0.2, -0.15) is 0 Å². The van der Waals surface area contributed by atoms with Crippen LogP contribution in [0.15, 0.2) is 30.6 Å². The number of hydrogen-bond donors (Lipinski definition) is 3. The predicted octanol–water partition coefficient (Wildman–Crippen LogP) is 3.65. The van der Waals surface area contributed by atoms with E-state index in [-0.39, 0.29) is 11.3 Å². The standard InChI is InChI=1S/C27H40FN7O/c1-4-27(28,9-11-31-3)10-12-34-13-15-35(16-14-34)24-18-23(32-19-33-24)25(30)21-17-20(5-6-22(21)29)36-26(2)7-8-26/h5-6,17-19,30-31H,4,7-16,29H2,1-3H3. The van der Waals surface area contributed by atoms with Gasteiger partial charge in [0.05, 0.1) is 11.4 Å². The minimum absolute atomic E-state index is 0.102. The molecule has 1 aromatic heterocycles. The molecule has 4 rings (SSSR count). The van der Waals surface area contributed by atoms with Crippen LogP contribution in [0.3, 0.4) is 0 Å². The van der Waals surface area contributed by atoms with Crippen molar-refractivity contribution >= 4 is 17.2 Å². The largest absolute Gasteiger partial charge is 0.488 e. The van der Waals surface area contributed by atoms with E-state index in [0.717, 1.165) is 57.1 Å². The Bertz CT molecular complexity index is 1050. The Balaban J connectivity index is 1.36. The van der Waals surface area contributed by atoms with Gasteiger partial charge < -0.3 is 20.7 Å². The molecule has 0 amide bonds. The molecule has 2 aromatic rings. The Morgan fingerprint density at radius 2 is 1.94 bits per heavy atom. The van der Waals surface area contributed by atoms with E-state index in [1.54, 1.807) is 6.07 Å². The van der Waals surface area contributed by atoms with Crippen LogP contribution in [0.1, 0.15) is 57.2 Å². The van der Waals surface area contributed by atoms with Gasteiger partial charge in [0.15, 0.2) is 0 Å². The van der Waals surface area contributed by atoms with E-state index >= 15 is 4.39 Å². The SMILES string of the molecule is CCC(F)(CCNC)CCN1CCN(c2cc(C(=N)c3cc(OC4(C)CC4)ccc3N)ncn2)CC1. The molecule has 1 atom stereocenters. The normalized spacial score (nSPS) is 19.1. The fourth-order valence-corrected chi connectivity index (χ4v) is 4.56. The fraction of sp³-hybridized carbons (Fsp3) is 0.593. The van der Waals surface area contributed by atoms with Crippen LogP contribution in [0, 0.1) is 5.41 Å². The number of alkyl halides is 1. The number of rotatable bonds is 12. The summed E-state index contributed by atoms with van der Waals surface area (Å²) in [6, 6.07) is 7.33. The van der Waals surface area contributed by atoms with Crippen LogP contribution in [0.2, 0.25) is 0 Å². The Morgan fingerprint density at radius 3 is 2.61 bits per heavy atom. The third kappa shape index (κ3) is 6.50. The van der Waals surface area contributed by atoms with Gasteiger partial charge in [0.2, 0.25) is 0 Å². The first-order valence-electron chi connectivity index (χ1n) is 13.0. The summed E-state index contributed by atoms with van der Waals surface area (Å²) in [6.07, 6.45) is 5.24. The molecule has 8 nitrogen and oxygen atoms in total. The van der Waals surface area contributed by atoms with E-state index in [0.29, 0.717) is 42.8 Å². The molecule has 1 saturated carbocycles. The first-order chi connectivity index (χ1) is 17.2. The van der Waals surface area contributed by atoms with Gasteiger partial charge in [-0.15, -0.1) is 0 Å². The first kappa shape index (κ1) is 26.3. The lowest BCUT2D eigenvalue weighted by atomic mass is 9.94. The lowest BCUT2D eigenvalue weighted by Gasteiger charge is -2.36. The molecular weight excluding hydrogens is 457 g/mol. The van der Waals surface area contributed by atoms with Gasteiger partial charge in [0, 0.05) is 50.0 Å². The zero-order valence-corrected chi connectivity index (χ0v) is 21.8. The maximum Gasteiger partial charge on any atom is 0.132 e. The monoisotopic (exact) mass is 497 g/mol. The average molecular weight is 498 g/mol. The quantitative estimate of drug-likeness (QED) is 0.304. The van der Waals surface area contributed by atoms with Gasteiger partial charge >= 0.3 is 0 Å². The van der Waals surface area contributed by atoms with E-state index in [1.165, 1.54) is 6.33 Å². The number of nitrogens with zero attached hydrogens (tertiary/aromatic N) is 4. The van der Waals surface area contributed by atoms with E-state index in [1.807, 2.05) is 32.2 Å². The summed E-state index contributed by atoms with van der Waals surface area (Å²) in [5.41, 5.74) is 6.91. The number of aromatic nitrogens is 2. The number of anilines is 2. The van der Waals surface area contributed by atoms with Crippen molar-refractivity contribution in [3.63, 3.8) is 0 Å². The number of nitrogens with one attached hydrogen (secondary N) is 2. The summed E-state index contributed by atoms with van der Waals surface area (Å²) >= 11 is 0. The summed E-state index contributed by atoms with van der Waals surface area (Å²) in [6.45, 7) is 8.80. The minimum Gasteiger partial charge on any atom is -0.488 e. The second-order valence-electron chi connectivity index (χ2n) is 10.4. The molecule has 1 saturated heterocycles. The van der Waals surface area contributed by atoms with Crippen molar-refractivity contribution in [2.45, 2.75) is 57.2 Å². The van der Waals surface area contributed by atoms with E-state index < -0.39 is 5.67 Å². The van der Waals surface area contributed by atoms with Crippen molar-refractivity contribution in [1.29, 1.82) is 5.41 Å². The number of hydrogen-bond acceptors (Lipinski definition) is 8. The van der Waals surface area contributed by atoms with Gasteiger partial charge in [0.25, 0.3) is 0 Å². The lowest BCUT2D eigenvalue weighted by Crippen LogP contribution is -2.48. The molecule has 1 aromatic carbocycles. The molecule has 196 valence electrons. The number of halogens is 1. The van der Waals surface area contributed by atoms with Gasteiger partial charge in [-0.25, -0.2) is 14.4 Å². The number of nitrogen functional groups attached to an aromatic ring is 1. The van der Waals surface area contributed by atoms with Crippen molar-refractivity contribution in [3.05, 3.63) is 41.9 Å². The summed E-state index contributed by atoms with van der Waals surface area (Å²) in [4.78, 5) is 13.4. The predicted molar refractivity (Wildman–Crippen MR) is 143 cm³/mol. The van der Waals surface area contributed by atoms with Crippen molar-refractivity contribution < 1.29 is 9.13 Å². The van der Waals surface area contributed by atoms with Gasteiger partial charge in [-0.1, -0.05) is 6.92 Å². The maximum absolute atomic E-state index is 15.1. The zero-order valence-electron chi connectivity index (χ0n) is 21.8. The number of ether oxygens (including phenoxy) is 1. The van der Waals surface area contributed by atoms with Crippen LogP contribution in [-0.4, -0.2) is 78.2 Å². The van der Waals surface area contributed by atoms with Crippen molar-refractivity contribution in [2.75, 3.05) is 56.9 Å². The average Bonchev–Trinajstić information content (AvgIpc) is 3.63. The van der Waals surface area contributed by atoms with Crippen LogP contribution < -0.4 is 20.7 Å². The van der Waals surface area contributed by atoms with Crippen LogP contribution in [0.5, 0.6) is 5.75 Å². The Kier molecular flexibility index (Phi) is 8.10. The third-order valence-electron chi connectivity index (χ3n) is 7.55. The maximum atomic E-state index is 15.1. The Labute approximate surface area is 213 Å². The van der Waals surface area contributed by atoms with E-state index in [9.17, 15) is 0 Å². The second kappa shape index (κ2) is 11.1. The summed E-state index contributed by atoms with van der Waals surface area (Å²) < 4.78 is 21.1. The van der Waals surface area contributed by atoms with E-state index in [4.69, 9.17) is 15.9 Å². The Hall–Kier alpha value is -2.78. The smallest absolute Gasteiger partial charge is 0.132 e. The van der Waals surface area contributed by atoms with Gasteiger partial charge in [-0.05, 0) is 70.8 Å². The molecular formula is C27H40FN7O. The molecule has 2 fully saturated rings. The summed E-state index contributed by atoms with van der Waals surface area (Å²) in [5, 5.41) is 11.8. The van der Waals surface area contributed by atoms with Gasteiger partial charge in [-0.3, -0.25) is 10.3 Å². The molecule has 36 heavy (non-hydrogen) atoms. The number of nitrogens with two attached hydrogens (primary N) is 1. The molecule has 0 bridgehead atoms. The molecule has 2 heterocycles. The third-order valence-corrected chi connectivity index (χ3v) is 7.55. The molecule has 0 spiro atoms. The topological polar surface area (TPSA) is 103 Å². The Morgan fingerprint density at radius 1 is 1.19 bits per heavy atom. The van der Waals surface area contributed by atoms with Crippen molar-refractivity contribution in [1.82, 2.24) is 20.2 Å². The summed E-state index contributed by atoms with van der Waals surface area (Å²) in [5.74, 6) is 1.52. The molecule has 2 aliphatic rings. The van der Waals surface area contributed by atoms with Crippen LogP contribution in [0.4, 0.5) is 15.9 Å². The highest BCUT2D eigenvalue weighted by atomic mass is 19.1. The molecule has 4 N–H and O–H groups in total. The number of benzene rings is 1. The van der Waals surface area contributed by atoms with Gasteiger partial charge in [0.1, 0.15) is 29.2 Å². The summed E-state index contributed by atoms with van der Waals surface area (Å²) in [7, 11) is 1.87. The highest BCUT2D eigenvalue weighted by Crippen LogP contribution is 2.40. The highest BCUT2D eigenvalue weighted by Gasteiger charge is 2.40. The molecule has 0 radical (unpaired) electrons. The van der Waals surface area contributed by atoms with Crippen molar-refractivity contribution in [3.8, 4) is 5.75 Å². The van der Waals surface area contributed by atoms with Crippen LogP contribution in [0.25, 0.3) is 0 Å². The zero-order chi connectivity index (χ0) is 25.8. The molecule has 1 unspecified atom stereocenters. The lowest BCUT2D eigenvalue weighted by molar-refractivity contribution is 0.107. The molecule has 1 aliphatic carbocycles. The van der Waals surface area contributed by atoms with Crippen LogP contribution in [-0.2, 0) is 0 Å². The van der Waals surface area contributed by atoms with E-state index in [2.05, 4.69) is 32.0 Å². The minimum atomic E-state index is -1.11. The first-order valence-corrected chi connectivity index (χ1v) is 13.0. The van der Waals surface area contributed by atoms with Crippen LogP contribution >= 0.6 is 0 Å². The molecule has 1 aliphatic heterocycles. The fourth-order valence-electron chi connectivity index (χ4n) is 4.56. The second-order valence-corrected chi connectivity index (χ2v) is 10.4. The highest BCUT2D eigenvalue weighted by molar-refractivity contribution is 6.13.